The average Bonchev–Trinajstić information content (AvgIpc) is 3.53. The van der Waals surface area contributed by atoms with Gasteiger partial charge in [0, 0.05) is 45.2 Å². The smallest absolute Gasteiger partial charge is 0.356 e. The lowest BCUT2D eigenvalue weighted by molar-refractivity contribution is 0.0594. The molecule has 0 radical (unpaired) electrons. The molecule has 37 heavy (non-hydrogen) atoms. The number of anilines is 1. The first kappa shape index (κ1) is 24.3. The van der Waals surface area contributed by atoms with Crippen molar-refractivity contribution in [3.63, 3.8) is 0 Å². The van der Waals surface area contributed by atoms with Gasteiger partial charge >= 0.3 is 5.97 Å². The number of benzene rings is 1. The van der Waals surface area contributed by atoms with Crippen LogP contribution in [-0.2, 0) is 9.47 Å². The van der Waals surface area contributed by atoms with Gasteiger partial charge in [0.15, 0.2) is 11.3 Å². The van der Waals surface area contributed by atoms with Crippen molar-refractivity contribution in [2.75, 3.05) is 45.3 Å². The number of likely N-dealkylation sites (tertiary alicyclic amines) is 1. The monoisotopic (exact) mass is 507 g/mol. The maximum atomic E-state index is 13.7. The zero-order valence-electron chi connectivity index (χ0n) is 21.5. The third-order valence-corrected chi connectivity index (χ3v) is 8.43. The Labute approximate surface area is 216 Å². The molecule has 1 saturated carbocycles. The van der Waals surface area contributed by atoms with Crippen LogP contribution in [0.5, 0.6) is 0 Å². The summed E-state index contributed by atoms with van der Waals surface area (Å²) in [7, 11) is 3.18. The molecule has 196 valence electrons. The predicted octanol–water partition coefficient (Wildman–Crippen LogP) is 4.30. The summed E-state index contributed by atoms with van der Waals surface area (Å²) < 4.78 is 26.1. The van der Waals surface area contributed by atoms with Crippen LogP contribution in [0.2, 0.25) is 0 Å². The third-order valence-electron chi connectivity index (χ3n) is 8.43. The van der Waals surface area contributed by atoms with Gasteiger partial charge in [0.2, 0.25) is 0 Å². The second-order valence-electron chi connectivity index (χ2n) is 10.5. The third kappa shape index (κ3) is 4.48. The van der Waals surface area contributed by atoms with Crippen molar-refractivity contribution in [3.8, 4) is 5.69 Å². The zero-order chi connectivity index (χ0) is 25.5. The van der Waals surface area contributed by atoms with E-state index in [1.165, 1.54) is 25.7 Å². The van der Waals surface area contributed by atoms with Gasteiger partial charge in [-0.15, -0.1) is 0 Å². The van der Waals surface area contributed by atoms with E-state index in [1.807, 2.05) is 6.07 Å². The Morgan fingerprint density at radius 1 is 1.03 bits per heavy atom. The number of hydrogen-bond acceptors (Lipinski definition) is 7. The Morgan fingerprint density at radius 3 is 2.41 bits per heavy atom. The van der Waals surface area contributed by atoms with E-state index in [9.17, 15) is 9.18 Å². The number of ether oxygens (including phenoxy) is 2. The fraction of sp³-hybridized carbons (Fsp3) is 0.536. The van der Waals surface area contributed by atoms with Crippen LogP contribution in [0, 0.1) is 5.82 Å². The highest BCUT2D eigenvalue weighted by atomic mass is 19.1. The Morgan fingerprint density at radius 2 is 1.78 bits per heavy atom. The second-order valence-corrected chi connectivity index (χ2v) is 10.5. The van der Waals surface area contributed by atoms with Crippen LogP contribution in [-0.4, -0.2) is 78.2 Å². The summed E-state index contributed by atoms with van der Waals surface area (Å²) in [5.74, 6) is -0.416. The van der Waals surface area contributed by atoms with Gasteiger partial charge in [0.05, 0.1) is 35.7 Å². The SMILES string of the molecule is COC(=O)c1cc(N2CCC(N3CCC(OC)C3)CC2)c2c(C3CCC3)nn(-c3ccc(F)cc3)c2n1. The maximum Gasteiger partial charge on any atom is 0.356 e. The van der Waals surface area contributed by atoms with Crippen molar-refractivity contribution < 1.29 is 18.7 Å². The number of methoxy groups -OCH3 is 2. The summed E-state index contributed by atoms with van der Waals surface area (Å²) >= 11 is 0. The Kier molecular flexibility index (Phi) is 6.58. The standard InChI is InChI=1S/C28H34FN5O3/c1-36-22-12-15-33(17-22)20-10-13-32(14-11-20)24-16-23(28(35)37-2)30-27-25(24)26(18-4-3-5-18)31-34(27)21-8-6-19(29)7-9-21/h6-9,16,18,20,22H,3-5,10-15,17H2,1-2H3. The number of rotatable bonds is 6. The van der Waals surface area contributed by atoms with Crippen molar-refractivity contribution >= 4 is 22.7 Å². The molecule has 9 heteroatoms. The fourth-order valence-electron chi connectivity index (χ4n) is 6.06. The number of halogens is 1. The van der Waals surface area contributed by atoms with E-state index < -0.39 is 5.97 Å². The van der Waals surface area contributed by atoms with Crippen LogP contribution in [0.15, 0.2) is 30.3 Å². The molecule has 6 rings (SSSR count). The quantitative estimate of drug-likeness (QED) is 0.461. The summed E-state index contributed by atoms with van der Waals surface area (Å²) in [6, 6.07) is 8.68. The van der Waals surface area contributed by atoms with Crippen molar-refractivity contribution in [1.29, 1.82) is 0 Å². The van der Waals surface area contributed by atoms with Crippen LogP contribution in [0.25, 0.3) is 16.7 Å². The fourth-order valence-corrected chi connectivity index (χ4v) is 6.06. The molecule has 0 amide bonds. The van der Waals surface area contributed by atoms with Crippen LogP contribution in [0.1, 0.15) is 60.6 Å². The lowest BCUT2D eigenvalue weighted by Crippen LogP contribution is -2.44. The molecule has 3 aromatic rings. The molecule has 0 bridgehead atoms. The summed E-state index contributed by atoms with van der Waals surface area (Å²) in [4.78, 5) is 22.4. The normalized spacial score (nSPS) is 21.5. The minimum atomic E-state index is -0.474. The molecule has 0 N–H and O–H groups in total. The predicted molar refractivity (Wildman–Crippen MR) is 139 cm³/mol. The maximum absolute atomic E-state index is 13.7. The van der Waals surface area contributed by atoms with Crippen molar-refractivity contribution in [2.45, 2.75) is 56.6 Å². The molecule has 2 saturated heterocycles. The topological polar surface area (TPSA) is 72.7 Å². The molecule has 2 aromatic heterocycles. The highest BCUT2D eigenvalue weighted by Crippen LogP contribution is 2.43. The van der Waals surface area contributed by atoms with Gasteiger partial charge < -0.3 is 14.4 Å². The zero-order valence-corrected chi connectivity index (χ0v) is 21.5. The van der Waals surface area contributed by atoms with E-state index >= 15 is 0 Å². The lowest BCUT2D eigenvalue weighted by Gasteiger charge is -2.38. The molecule has 1 atom stereocenters. The number of carbonyl (C=O) groups excluding carboxylic acids is 1. The first-order valence-electron chi connectivity index (χ1n) is 13.4. The molecule has 4 heterocycles. The van der Waals surface area contributed by atoms with E-state index in [4.69, 9.17) is 19.6 Å². The van der Waals surface area contributed by atoms with E-state index in [0.29, 0.717) is 23.7 Å². The van der Waals surface area contributed by atoms with Gasteiger partial charge in [-0.2, -0.15) is 5.10 Å². The number of hydrogen-bond donors (Lipinski definition) is 0. The highest BCUT2D eigenvalue weighted by Gasteiger charge is 2.34. The number of fused-ring (bicyclic) bond motifs is 1. The Balaban J connectivity index is 1.40. The van der Waals surface area contributed by atoms with E-state index in [0.717, 1.165) is 80.7 Å². The van der Waals surface area contributed by atoms with Gasteiger partial charge in [-0.1, -0.05) is 6.42 Å². The molecular formula is C28H34FN5O3. The number of pyridine rings is 1. The second kappa shape index (κ2) is 10.0. The molecule has 3 fully saturated rings. The largest absolute Gasteiger partial charge is 0.464 e. The molecule has 1 aromatic carbocycles. The van der Waals surface area contributed by atoms with E-state index in [-0.39, 0.29) is 11.5 Å². The van der Waals surface area contributed by atoms with Crippen LogP contribution in [0.3, 0.4) is 0 Å². The molecule has 1 unspecified atom stereocenters. The first-order valence-corrected chi connectivity index (χ1v) is 13.4. The molecule has 8 nitrogen and oxygen atoms in total. The van der Waals surface area contributed by atoms with Gasteiger partial charge in [0.1, 0.15) is 5.82 Å². The van der Waals surface area contributed by atoms with Crippen molar-refractivity contribution in [3.05, 3.63) is 47.5 Å². The number of carbonyl (C=O) groups is 1. The number of nitrogens with zero attached hydrogens (tertiary/aromatic N) is 5. The van der Waals surface area contributed by atoms with Crippen molar-refractivity contribution in [1.82, 2.24) is 19.7 Å². The van der Waals surface area contributed by atoms with Gasteiger partial charge in [-0.05, 0) is 62.4 Å². The molecule has 1 aliphatic carbocycles. The number of piperidine rings is 1. The Hall–Kier alpha value is -3.04. The molecular weight excluding hydrogens is 473 g/mol. The Bertz CT molecular complexity index is 1280. The highest BCUT2D eigenvalue weighted by molar-refractivity contribution is 5.99. The number of esters is 1. The van der Waals surface area contributed by atoms with Crippen molar-refractivity contribution in [2.24, 2.45) is 0 Å². The van der Waals surface area contributed by atoms with E-state index in [2.05, 4.69) is 9.80 Å². The van der Waals surface area contributed by atoms with Crippen LogP contribution >= 0.6 is 0 Å². The van der Waals surface area contributed by atoms with Crippen LogP contribution < -0.4 is 4.90 Å². The first-order chi connectivity index (χ1) is 18.1. The molecule has 3 aliphatic rings. The summed E-state index contributed by atoms with van der Waals surface area (Å²) in [6.07, 6.45) is 6.90. The lowest BCUT2D eigenvalue weighted by atomic mass is 9.82. The average molecular weight is 508 g/mol. The summed E-state index contributed by atoms with van der Waals surface area (Å²) in [6.45, 7) is 3.88. The molecule has 0 spiro atoms. The van der Waals surface area contributed by atoms with Crippen LogP contribution in [0.4, 0.5) is 10.1 Å². The number of aromatic nitrogens is 3. The van der Waals surface area contributed by atoms with Gasteiger partial charge in [-0.25, -0.2) is 18.9 Å². The minimum absolute atomic E-state index is 0.262. The minimum Gasteiger partial charge on any atom is -0.464 e. The summed E-state index contributed by atoms with van der Waals surface area (Å²) in [5.41, 5.74) is 3.62. The van der Waals surface area contributed by atoms with Gasteiger partial charge in [-0.3, -0.25) is 4.90 Å². The summed E-state index contributed by atoms with van der Waals surface area (Å²) in [5, 5.41) is 6.02. The van der Waals surface area contributed by atoms with E-state index in [1.54, 1.807) is 23.9 Å². The van der Waals surface area contributed by atoms with Gasteiger partial charge in [0.25, 0.3) is 0 Å². The molecule has 2 aliphatic heterocycles.